The highest BCUT2D eigenvalue weighted by Crippen LogP contribution is 2.21. The maximum atomic E-state index is 12.5. The minimum atomic E-state index is -3.81. The summed E-state index contributed by atoms with van der Waals surface area (Å²) in [7, 11) is -2.44. The standard InChI is InChI=1S/C17H23N3O4S/c1-13-17(14(2)24-19-13)25(22,23)20(3)12-16(21)18-11-7-10-15-8-5-4-6-9-15/h4-6,8-9H,7,10-12H2,1-3H3,(H,18,21). The second kappa shape index (κ2) is 8.26. The van der Waals surface area contributed by atoms with Gasteiger partial charge in [0.1, 0.15) is 10.6 Å². The Morgan fingerprint density at radius 3 is 2.52 bits per heavy atom. The molecule has 1 heterocycles. The van der Waals surface area contributed by atoms with E-state index in [9.17, 15) is 13.2 Å². The molecule has 7 nitrogen and oxygen atoms in total. The van der Waals surface area contributed by atoms with Crippen LogP contribution in [0.25, 0.3) is 0 Å². The molecule has 0 aliphatic rings. The number of likely N-dealkylation sites (N-methyl/N-ethyl adjacent to an activating group) is 1. The van der Waals surface area contributed by atoms with Crippen molar-refractivity contribution in [2.24, 2.45) is 0 Å². The zero-order valence-electron chi connectivity index (χ0n) is 14.7. The Bertz CT molecular complexity index is 796. The van der Waals surface area contributed by atoms with Crippen molar-refractivity contribution in [2.45, 2.75) is 31.6 Å². The fourth-order valence-corrected chi connectivity index (χ4v) is 3.92. The Morgan fingerprint density at radius 2 is 1.92 bits per heavy atom. The van der Waals surface area contributed by atoms with Gasteiger partial charge < -0.3 is 9.84 Å². The van der Waals surface area contributed by atoms with E-state index in [1.807, 2.05) is 30.3 Å². The molecule has 0 aliphatic carbocycles. The zero-order valence-corrected chi connectivity index (χ0v) is 15.5. The van der Waals surface area contributed by atoms with Gasteiger partial charge in [-0.15, -0.1) is 0 Å². The van der Waals surface area contributed by atoms with E-state index >= 15 is 0 Å². The normalized spacial score (nSPS) is 11.7. The highest BCUT2D eigenvalue weighted by atomic mass is 32.2. The van der Waals surface area contributed by atoms with Gasteiger partial charge in [0.05, 0.1) is 6.54 Å². The summed E-state index contributed by atoms with van der Waals surface area (Å²) < 4.78 is 31.0. The quantitative estimate of drug-likeness (QED) is 0.718. The molecule has 0 saturated heterocycles. The number of hydrogen-bond donors (Lipinski definition) is 1. The largest absolute Gasteiger partial charge is 0.360 e. The van der Waals surface area contributed by atoms with E-state index in [-0.39, 0.29) is 28.8 Å². The molecular weight excluding hydrogens is 342 g/mol. The lowest BCUT2D eigenvalue weighted by Crippen LogP contribution is -2.39. The second-order valence-corrected chi connectivity index (χ2v) is 7.84. The number of sulfonamides is 1. The molecule has 0 unspecified atom stereocenters. The van der Waals surface area contributed by atoms with Gasteiger partial charge in [0.15, 0.2) is 5.76 Å². The van der Waals surface area contributed by atoms with E-state index in [1.54, 1.807) is 6.92 Å². The molecule has 25 heavy (non-hydrogen) atoms. The van der Waals surface area contributed by atoms with Crippen molar-refractivity contribution in [2.75, 3.05) is 20.1 Å². The molecule has 0 fully saturated rings. The van der Waals surface area contributed by atoms with Crippen LogP contribution < -0.4 is 5.32 Å². The lowest BCUT2D eigenvalue weighted by atomic mass is 10.1. The predicted octanol–water partition coefficient (Wildman–Crippen LogP) is 1.66. The molecule has 1 aromatic carbocycles. The SMILES string of the molecule is Cc1noc(C)c1S(=O)(=O)N(C)CC(=O)NCCCc1ccccc1. The lowest BCUT2D eigenvalue weighted by Gasteiger charge is -2.16. The summed E-state index contributed by atoms with van der Waals surface area (Å²) in [6.07, 6.45) is 1.64. The van der Waals surface area contributed by atoms with Crippen LogP contribution >= 0.6 is 0 Å². The van der Waals surface area contributed by atoms with Crippen molar-refractivity contribution in [1.82, 2.24) is 14.8 Å². The molecule has 0 spiro atoms. The number of rotatable bonds is 8. The van der Waals surface area contributed by atoms with E-state index in [0.717, 1.165) is 17.1 Å². The fourth-order valence-electron chi connectivity index (χ4n) is 2.51. The van der Waals surface area contributed by atoms with Crippen LogP contribution in [0, 0.1) is 13.8 Å². The molecule has 2 rings (SSSR count). The van der Waals surface area contributed by atoms with Crippen molar-refractivity contribution in [3.05, 3.63) is 47.3 Å². The molecule has 1 aromatic heterocycles. The van der Waals surface area contributed by atoms with Crippen LogP contribution in [0.3, 0.4) is 0 Å². The smallest absolute Gasteiger partial charge is 0.248 e. The van der Waals surface area contributed by atoms with Gasteiger partial charge >= 0.3 is 0 Å². The summed E-state index contributed by atoms with van der Waals surface area (Å²) in [6.45, 7) is 3.33. The Labute approximate surface area is 148 Å². The highest BCUT2D eigenvalue weighted by Gasteiger charge is 2.29. The third kappa shape index (κ3) is 4.90. The maximum Gasteiger partial charge on any atom is 0.248 e. The minimum Gasteiger partial charge on any atom is -0.360 e. The number of nitrogens with one attached hydrogen (secondary N) is 1. The first-order valence-electron chi connectivity index (χ1n) is 8.02. The first-order valence-corrected chi connectivity index (χ1v) is 9.46. The van der Waals surface area contributed by atoms with E-state index in [1.165, 1.54) is 19.5 Å². The lowest BCUT2D eigenvalue weighted by molar-refractivity contribution is -0.121. The summed E-state index contributed by atoms with van der Waals surface area (Å²) in [5, 5.41) is 6.40. The van der Waals surface area contributed by atoms with Crippen molar-refractivity contribution >= 4 is 15.9 Å². The van der Waals surface area contributed by atoms with Crippen LogP contribution in [0.2, 0.25) is 0 Å². The third-order valence-corrected chi connectivity index (χ3v) is 5.86. The Morgan fingerprint density at radius 1 is 1.24 bits per heavy atom. The highest BCUT2D eigenvalue weighted by molar-refractivity contribution is 7.89. The molecule has 0 bridgehead atoms. The molecule has 0 aliphatic heterocycles. The van der Waals surface area contributed by atoms with Crippen LogP contribution in [-0.2, 0) is 21.2 Å². The molecule has 0 radical (unpaired) electrons. The van der Waals surface area contributed by atoms with Gasteiger partial charge in [-0.05, 0) is 32.3 Å². The summed E-state index contributed by atoms with van der Waals surface area (Å²) >= 11 is 0. The van der Waals surface area contributed by atoms with Gasteiger partial charge in [0, 0.05) is 13.6 Å². The minimum absolute atomic E-state index is 0.0203. The van der Waals surface area contributed by atoms with Gasteiger partial charge in [-0.3, -0.25) is 4.79 Å². The number of aryl methyl sites for hydroxylation is 3. The molecular formula is C17H23N3O4S. The molecule has 1 amide bonds. The monoisotopic (exact) mass is 365 g/mol. The zero-order chi connectivity index (χ0) is 18.4. The fraction of sp³-hybridized carbons (Fsp3) is 0.412. The molecule has 0 saturated carbocycles. The summed E-state index contributed by atoms with van der Waals surface area (Å²) in [6, 6.07) is 9.98. The van der Waals surface area contributed by atoms with Crippen LogP contribution in [0.4, 0.5) is 0 Å². The topological polar surface area (TPSA) is 92.5 Å². The van der Waals surface area contributed by atoms with Gasteiger partial charge in [-0.25, -0.2) is 8.42 Å². The number of carbonyl (C=O) groups excluding carboxylic acids is 1. The van der Waals surface area contributed by atoms with Crippen molar-refractivity contribution in [3.8, 4) is 0 Å². The Hall–Kier alpha value is -2.19. The first kappa shape index (κ1) is 19.1. The number of hydrogen-bond acceptors (Lipinski definition) is 5. The summed E-state index contributed by atoms with van der Waals surface area (Å²) in [5.74, 6) is -0.126. The third-order valence-electron chi connectivity index (χ3n) is 3.81. The number of carbonyl (C=O) groups is 1. The van der Waals surface area contributed by atoms with Crippen molar-refractivity contribution < 1.29 is 17.7 Å². The first-order chi connectivity index (χ1) is 11.8. The number of aromatic nitrogens is 1. The Kier molecular flexibility index (Phi) is 6.33. The molecule has 2 aromatic rings. The van der Waals surface area contributed by atoms with Crippen LogP contribution in [0.5, 0.6) is 0 Å². The number of nitrogens with zero attached hydrogens (tertiary/aromatic N) is 2. The number of amides is 1. The van der Waals surface area contributed by atoms with Gasteiger partial charge in [0.25, 0.3) is 0 Å². The van der Waals surface area contributed by atoms with Gasteiger partial charge in [-0.2, -0.15) is 4.31 Å². The molecule has 8 heteroatoms. The second-order valence-electron chi connectivity index (χ2n) is 5.85. The Balaban J connectivity index is 1.83. The van der Waals surface area contributed by atoms with Gasteiger partial charge in [-0.1, -0.05) is 35.5 Å². The van der Waals surface area contributed by atoms with Crippen LogP contribution in [-0.4, -0.2) is 43.9 Å². The van der Waals surface area contributed by atoms with E-state index in [4.69, 9.17) is 4.52 Å². The van der Waals surface area contributed by atoms with E-state index < -0.39 is 10.0 Å². The molecule has 136 valence electrons. The molecule has 0 atom stereocenters. The van der Waals surface area contributed by atoms with E-state index in [0.29, 0.717) is 6.54 Å². The number of benzene rings is 1. The van der Waals surface area contributed by atoms with Crippen molar-refractivity contribution in [1.29, 1.82) is 0 Å². The average Bonchev–Trinajstić information content (AvgIpc) is 2.92. The average molecular weight is 365 g/mol. The summed E-state index contributed by atoms with van der Waals surface area (Å²) in [5.41, 5.74) is 1.49. The van der Waals surface area contributed by atoms with E-state index in [2.05, 4.69) is 10.5 Å². The van der Waals surface area contributed by atoms with Crippen LogP contribution in [0.1, 0.15) is 23.4 Å². The van der Waals surface area contributed by atoms with Gasteiger partial charge in [0.2, 0.25) is 15.9 Å². The van der Waals surface area contributed by atoms with Crippen molar-refractivity contribution in [3.63, 3.8) is 0 Å². The molecule has 1 N–H and O–H groups in total. The predicted molar refractivity (Wildman–Crippen MR) is 93.6 cm³/mol. The maximum absolute atomic E-state index is 12.5. The summed E-state index contributed by atoms with van der Waals surface area (Å²) in [4.78, 5) is 12.0. The van der Waals surface area contributed by atoms with Crippen LogP contribution in [0.15, 0.2) is 39.8 Å².